The van der Waals surface area contributed by atoms with Crippen molar-refractivity contribution >= 4 is 11.6 Å². The molecule has 3 N–H and O–H groups in total. The van der Waals surface area contributed by atoms with Crippen LogP contribution in [0.4, 0.5) is 5.69 Å². The fourth-order valence-corrected chi connectivity index (χ4v) is 2.26. The van der Waals surface area contributed by atoms with E-state index in [0.29, 0.717) is 17.3 Å². The molecular weight excluding hydrogens is 238 g/mol. The molecule has 1 atom stereocenters. The van der Waals surface area contributed by atoms with Gasteiger partial charge in [0, 0.05) is 19.3 Å². The lowest BCUT2D eigenvalue weighted by atomic mass is 9.99. The normalized spacial score (nSPS) is 12.4. The second-order valence-corrected chi connectivity index (χ2v) is 5.07. The molecule has 0 spiro atoms. The van der Waals surface area contributed by atoms with E-state index in [4.69, 9.17) is 5.73 Å². The first kappa shape index (κ1) is 15.6. The highest BCUT2D eigenvalue weighted by molar-refractivity contribution is 5.93. The molecule has 4 heteroatoms. The van der Waals surface area contributed by atoms with E-state index in [2.05, 4.69) is 19.2 Å². The molecule has 0 saturated heterocycles. The second kappa shape index (κ2) is 7.87. The van der Waals surface area contributed by atoms with Gasteiger partial charge in [-0.05, 0) is 25.3 Å². The van der Waals surface area contributed by atoms with E-state index >= 15 is 0 Å². The van der Waals surface area contributed by atoms with Crippen molar-refractivity contribution in [3.63, 3.8) is 0 Å². The Hall–Kier alpha value is -1.45. The zero-order valence-electron chi connectivity index (χ0n) is 12.4. The number of amides is 1. The van der Waals surface area contributed by atoms with Crippen LogP contribution in [-0.2, 0) is 6.54 Å². The maximum atomic E-state index is 12.1. The van der Waals surface area contributed by atoms with E-state index in [1.54, 1.807) is 6.07 Å². The van der Waals surface area contributed by atoms with E-state index in [9.17, 15) is 4.79 Å². The zero-order valence-corrected chi connectivity index (χ0v) is 12.4. The Morgan fingerprint density at radius 2 is 2.16 bits per heavy atom. The molecule has 0 fully saturated rings. The molecule has 0 radical (unpaired) electrons. The maximum absolute atomic E-state index is 12.1. The Morgan fingerprint density at radius 3 is 2.74 bits per heavy atom. The van der Waals surface area contributed by atoms with Crippen LogP contribution in [-0.4, -0.2) is 17.0 Å². The van der Waals surface area contributed by atoms with Gasteiger partial charge in [-0.2, -0.15) is 0 Å². The Kier molecular flexibility index (Phi) is 6.46. The van der Waals surface area contributed by atoms with Crippen LogP contribution in [0.3, 0.4) is 0 Å². The molecule has 0 aliphatic carbocycles. The molecule has 1 rings (SSSR count). The SMILES string of the molecule is CCCCC(CC)CNC(=O)c1cc(N)cn1CC. The number of rotatable bonds is 8. The summed E-state index contributed by atoms with van der Waals surface area (Å²) < 4.78 is 1.89. The molecule has 1 aromatic rings. The third-order valence-electron chi connectivity index (χ3n) is 3.59. The highest BCUT2D eigenvalue weighted by Gasteiger charge is 2.13. The summed E-state index contributed by atoms with van der Waals surface area (Å²) >= 11 is 0. The Morgan fingerprint density at radius 1 is 1.42 bits per heavy atom. The van der Waals surface area contributed by atoms with Gasteiger partial charge in [0.2, 0.25) is 0 Å². The van der Waals surface area contributed by atoms with Crippen molar-refractivity contribution in [3.05, 3.63) is 18.0 Å². The maximum Gasteiger partial charge on any atom is 0.267 e. The first-order valence-corrected chi connectivity index (χ1v) is 7.36. The number of hydrogen-bond donors (Lipinski definition) is 2. The van der Waals surface area contributed by atoms with Gasteiger partial charge in [-0.3, -0.25) is 4.79 Å². The van der Waals surface area contributed by atoms with Crippen molar-refractivity contribution in [3.8, 4) is 0 Å². The van der Waals surface area contributed by atoms with Crippen LogP contribution in [0.1, 0.15) is 56.9 Å². The number of aryl methyl sites for hydroxylation is 1. The van der Waals surface area contributed by atoms with E-state index in [1.165, 1.54) is 19.3 Å². The van der Waals surface area contributed by atoms with E-state index in [1.807, 2.05) is 17.7 Å². The number of carbonyl (C=O) groups excluding carboxylic acids is 1. The fraction of sp³-hybridized carbons (Fsp3) is 0.667. The van der Waals surface area contributed by atoms with Crippen molar-refractivity contribution in [1.29, 1.82) is 0 Å². The molecule has 19 heavy (non-hydrogen) atoms. The van der Waals surface area contributed by atoms with E-state index in [-0.39, 0.29) is 5.91 Å². The van der Waals surface area contributed by atoms with Gasteiger partial charge in [-0.25, -0.2) is 0 Å². The summed E-state index contributed by atoms with van der Waals surface area (Å²) in [6.45, 7) is 7.89. The lowest BCUT2D eigenvalue weighted by molar-refractivity contribution is 0.0936. The lowest BCUT2D eigenvalue weighted by Crippen LogP contribution is -2.30. The number of nitrogens with one attached hydrogen (secondary N) is 1. The summed E-state index contributed by atoms with van der Waals surface area (Å²) in [5.41, 5.74) is 7.04. The fourth-order valence-electron chi connectivity index (χ4n) is 2.26. The molecule has 0 aliphatic heterocycles. The molecule has 0 aromatic carbocycles. The van der Waals surface area contributed by atoms with Crippen molar-refractivity contribution in [1.82, 2.24) is 9.88 Å². The van der Waals surface area contributed by atoms with Crippen LogP contribution in [0.15, 0.2) is 12.3 Å². The quantitative estimate of drug-likeness (QED) is 0.759. The summed E-state index contributed by atoms with van der Waals surface area (Å²) in [4.78, 5) is 12.1. The third kappa shape index (κ3) is 4.62. The monoisotopic (exact) mass is 265 g/mol. The number of carbonyl (C=O) groups is 1. The molecule has 1 aromatic heterocycles. The number of anilines is 1. The average Bonchev–Trinajstić information content (AvgIpc) is 2.80. The summed E-state index contributed by atoms with van der Waals surface area (Å²) in [6.07, 6.45) is 6.54. The topological polar surface area (TPSA) is 60.1 Å². The van der Waals surface area contributed by atoms with Crippen LogP contribution in [0.25, 0.3) is 0 Å². The van der Waals surface area contributed by atoms with Gasteiger partial charge in [0.25, 0.3) is 5.91 Å². The van der Waals surface area contributed by atoms with E-state index < -0.39 is 0 Å². The number of unbranched alkanes of at least 4 members (excludes halogenated alkanes) is 1. The molecule has 0 bridgehead atoms. The summed E-state index contributed by atoms with van der Waals surface area (Å²) in [5, 5.41) is 3.03. The molecule has 0 aliphatic rings. The Balaban J connectivity index is 2.54. The third-order valence-corrected chi connectivity index (χ3v) is 3.59. The average molecular weight is 265 g/mol. The van der Waals surface area contributed by atoms with Crippen molar-refractivity contribution in [2.45, 2.75) is 53.0 Å². The highest BCUT2D eigenvalue weighted by atomic mass is 16.1. The van der Waals surface area contributed by atoms with Gasteiger partial charge in [0.05, 0.1) is 5.69 Å². The van der Waals surface area contributed by atoms with Crippen molar-refractivity contribution in [2.75, 3.05) is 12.3 Å². The highest BCUT2D eigenvalue weighted by Crippen LogP contribution is 2.13. The van der Waals surface area contributed by atoms with Crippen LogP contribution in [0, 0.1) is 5.92 Å². The summed E-state index contributed by atoms with van der Waals surface area (Å²) in [7, 11) is 0. The molecule has 108 valence electrons. The standard InChI is InChI=1S/C15H27N3O/c1-4-7-8-12(5-2)10-17-15(19)14-9-13(16)11-18(14)6-3/h9,11-12H,4-8,10,16H2,1-3H3,(H,17,19). The van der Waals surface area contributed by atoms with Gasteiger partial charge in [-0.1, -0.05) is 33.1 Å². The number of nitrogen functional groups attached to an aromatic ring is 1. The van der Waals surface area contributed by atoms with Crippen LogP contribution in [0.5, 0.6) is 0 Å². The Labute approximate surface area is 116 Å². The van der Waals surface area contributed by atoms with Crippen LogP contribution in [0.2, 0.25) is 0 Å². The summed E-state index contributed by atoms with van der Waals surface area (Å²) in [6, 6.07) is 1.74. The number of hydrogen-bond acceptors (Lipinski definition) is 2. The Bertz CT molecular complexity index is 398. The lowest BCUT2D eigenvalue weighted by Gasteiger charge is -2.15. The minimum atomic E-state index is -0.0199. The van der Waals surface area contributed by atoms with Crippen molar-refractivity contribution < 1.29 is 4.79 Å². The van der Waals surface area contributed by atoms with Gasteiger partial charge in [0.1, 0.15) is 5.69 Å². The molecule has 0 saturated carbocycles. The predicted octanol–water partition coefficient (Wildman–Crippen LogP) is 3.04. The molecular formula is C15H27N3O. The van der Waals surface area contributed by atoms with Gasteiger partial charge < -0.3 is 15.6 Å². The van der Waals surface area contributed by atoms with Gasteiger partial charge in [0.15, 0.2) is 0 Å². The zero-order chi connectivity index (χ0) is 14.3. The first-order chi connectivity index (χ1) is 9.12. The van der Waals surface area contributed by atoms with Gasteiger partial charge >= 0.3 is 0 Å². The summed E-state index contributed by atoms with van der Waals surface area (Å²) in [5.74, 6) is 0.555. The number of aromatic nitrogens is 1. The molecule has 4 nitrogen and oxygen atoms in total. The van der Waals surface area contributed by atoms with Crippen LogP contribution < -0.4 is 11.1 Å². The number of nitrogens with zero attached hydrogens (tertiary/aromatic N) is 1. The molecule has 1 unspecified atom stereocenters. The van der Waals surface area contributed by atoms with Crippen LogP contribution >= 0.6 is 0 Å². The minimum Gasteiger partial charge on any atom is -0.397 e. The largest absolute Gasteiger partial charge is 0.397 e. The molecule has 1 heterocycles. The minimum absolute atomic E-state index is 0.0199. The number of nitrogens with two attached hydrogens (primary N) is 1. The van der Waals surface area contributed by atoms with Gasteiger partial charge in [-0.15, -0.1) is 0 Å². The first-order valence-electron chi connectivity index (χ1n) is 7.36. The smallest absolute Gasteiger partial charge is 0.267 e. The van der Waals surface area contributed by atoms with Crippen molar-refractivity contribution in [2.24, 2.45) is 5.92 Å². The second-order valence-electron chi connectivity index (χ2n) is 5.07. The molecule has 1 amide bonds. The van der Waals surface area contributed by atoms with E-state index in [0.717, 1.165) is 19.5 Å². The predicted molar refractivity (Wildman–Crippen MR) is 80.2 cm³/mol.